The van der Waals surface area contributed by atoms with Crippen molar-refractivity contribution in [2.45, 2.75) is 0 Å². The second-order valence-corrected chi connectivity index (χ2v) is 4.91. The van der Waals surface area contributed by atoms with Gasteiger partial charge in [0.25, 0.3) is 0 Å². The fourth-order valence-electron chi connectivity index (χ4n) is 1.99. The molecule has 0 bridgehead atoms. The second-order valence-electron chi connectivity index (χ2n) is 4.91. The highest BCUT2D eigenvalue weighted by molar-refractivity contribution is 5.91. The maximum Gasteiger partial charge on any atom is 0.355 e. The van der Waals surface area contributed by atoms with Crippen LogP contribution < -0.4 is 5.43 Å². The van der Waals surface area contributed by atoms with E-state index in [-0.39, 0.29) is 11.1 Å². The summed E-state index contributed by atoms with van der Waals surface area (Å²) in [5, 5.41) is 0.597. The number of carbonyl (C=O) groups is 1. The van der Waals surface area contributed by atoms with E-state index in [9.17, 15) is 9.59 Å². The third kappa shape index (κ3) is 2.88. The van der Waals surface area contributed by atoms with Crippen LogP contribution in [0.2, 0.25) is 0 Å². The summed E-state index contributed by atoms with van der Waals surface area (Å²) >= 11 is 0. The zero-order valence-corrected chi connectivity index (χ0v) is 11.9. The van der Waals surface area contributed by atoms with Gasteiger partial charge in [0.1, 0.15) is 12.3 Å². The van der Waals surface area contributed by atoms with Gasteiger partial charge in [-0.2, -0.15) is 0 Å². The van der Waals surface area contributed by atoms with Gasteiger partial charge in [-0.25, -0.2) is 4.79 Å². The van der Waals surface area contributed by atoms with Crippen LogP contribution in [0.1, 0.15) is 10.5 Å². The number of fused-ring (bicyclic) bond motifs is 1. The predicted octanol–water partition coefficient (Wildman–Crippen LogP) is 1.26. The number of carbonyl (C=O) groups excluding carboxylic acids is 1. The van der Waals surface area contributed by atoms with E-state index in [1.54, 1.807) is 23.7 Å². The van der Waals surface area contributed by atoms with Gasteiger partial charge >= 0.3 is 5.97 Å². The van der Waals surface area contributed by atoms with Crippen molar-refractivity contribution in [3.63, 3.8) is 0 Å². The van der Waals surface area contributed by atoms with Crippen molar-refractivity contribution in [1.29, 1.82) is 0 Å². The Bertz CT molecular complexity index is 689. The lowest BCUT2D eigenvalue weighted by molar-refractivity contribution is 0.0470. The number of likely N-dealkylation sites (N-methyl/N-ethyl adjacent to an activating group) is 1. The number of esters is 1. The van der Waals surface area contributed by atoms with E-state index in [1.165, 1.54) is 6.07 Å². The van der Waals surface area contributed by atoms with E-state index in [1.807, 2.05) is 31.1 Å². The minimum Gasteiger partial charge on any atom is -0.460 e. The Hall–Kier alpha value is -2.14. The molecule has 5 heteroatoms. The van der Waals surface area contributed by atoms with Crippen LogP contribution in [-0.2, 0) is 11.8 Å². The highest BCUT2D eigenvalue weighted by Crippen LogP contribution is 2.11. The van der Waals surface area contributed by atoms with Crippen LogP contribution in [0.25, 0.3) is 10.9 Å². The number of hydrogen-bond acceptors (Lipinski definition) is 4. The standard InChI is InChI=1S/C15H18N2O3/c1-16(2)8-9-20-15(19)13-10-14(18)11-6-4-5-7-12(11)17(13)3/h4-7,10H,8-9H2,1-3H3. The molecule has 0 aliphatic carbocycles. The first-order valence-corrected chi connectivity index (χ1v) is 6.41. The molecule has 1 heterocycles. The highest BCUT2D eigenvalue weighted by Gasteiger charge is 2.14. The lowest BCUT2D eigenvalue weighted by Gasteiger charge is -2.13. The molecule has 0 N–H and O–H groups in total. The average molecular weight is 274 g/mol. The summed E-state index contributed by atoms with van der Waals surface area (Å²) in [5.41, 5.74) is 0.824. The Kier molecular flexibility index (Phi) is 4.20. The first-order chi connectivity index (χ1) is 9.50. The number of nitrogens with zero attached hydrogens (tertiary/aromatic N) is 2. The molecule has 0 atom stereocenters. The molecule has 1 aromatic heterocycles. The van der Waals surface area contributed by atoms with Crippen LogP contribution in [0.3, 0.4) is 0 Å². The number of benzene rings is 1. The number of aromatic nitrogens is 1. The SMILES string of the molecule is CN(C)CCOC(=O)c1cc(=O)c2ccccc2n1C. The van der Waals surface area contributed by atoms with E-state index in [0.29, 0.717) is 18.5 Å². The topological polar surface area (TPSA) is 51.5 Å². The molecule has 0 saturated heterocycles. The lowest BCUT2D eigenvalue weighted by atomic mass is 10.2. The van der Waals surface area contributed by atoms with Gasteiger partial charge in [-0.1, -0.05) is 12.1 Å². The van der Waals surface area contributed by atoms with Gasteiger partial charge in [-0.05, 0) is 26.2 Å². The maximum atomic E-state index is 12.0. The third-order valence-electron chi connectivity index (χ3n) is 3.14. The molecule has 1 aromatic carbocycles. The van der Waals surface area contributed by atoms with Crippen LogP contribution >= 0.6 is 0 Å². The summed E-state index contributed by atoms with van der Waals surface area (Å²) in [6.07, 6.45) is 0. The number of aryl methyl sites for hydroxylation is 1. The molecule has 20 heavy (non-hydrogen) atoms. The summed E-state index contributed by atoms with van der Waals surface area (Å²) in [4.78, 5) is 26.0. The fraction of sp³-hybridized carbons (Fsp3) is 0.333. The predicted molar refractivity (Wildman–Crippen MR) is 78.0 cm³/mol. The van der Waals surface area contributed by atoms with E-state index < -0.39 is 5.97 Å². The zero-order valence-electron chi connectivity index (χ0n) is 11.9. The second kappa shape index (κ2) is 5.88. The first-order valence-electron chi connectivity index (χ1n) is 6.41. The monoisotopic (exact) mass is 274 g/mol. The van der Waals surface area contributed by atoms with Gasteiger partial charge in [0.05, 0.1) is 5.52 Å². The van der Waals surface area contributed by atoms with Crippen molar-refractivity contribution < 1.29 is 9.53 Å². The number of pyridine rings is 1. The quantitative estimate of drug-likeness (QED) is 0.788. The van der Waals surface area contributed by atoms with Crippen molar-refractivity contribution in [3.8, 4) is 0 Å². The van der Waals surface area contributed by atoms with Crippen LogP contribution in [0.5, 0.6) is 0 Å². The molecule has 0 aliphatic rings. The van der Waals surface area contributed by atoms with Crippen LogP contribution in [0.15, 0.2) is 35.1 Å². The normalized spacial score (nSPS) is 11.0. The largest absolute Gasteiger partial charge is 0.460 e. The summed E-state index contributed by atoms with van der Waals surface area (Å²) < 4.78 is 6.87. The number of hydrogen-bond donors (Lipinski definition) is 0. The van der Waals surface area contributed by atoms with Crippen LogP contribution in [-0.4, -0.2) is 42.7 Å². The van der Waals surface area contributed by atoms with Gasteiger partial charge in [0.2, 0.25) is 0 Å². The first kappa shape index (κ1) is 14.3. The Morgan fingerprint density at radius 3 is 2.70 bits per heavy atom. The molecule has 2 aromatic rings. The molecule has 0 radical (unpaired) electrons. The minimum absolute atomic E-state index is 0.168. The van der Waals surface area contributed by atoms with Gasteiger partial charge < -0.3 is 14.2 Å². The van der Waals surface area contributed by atoms with Crippen molar-refractivity contribution in [2.24, 2.45) is 7.05 Å². The molecule has 0 aliphatic heterocycles. The summed E-state index contributed by atoms with van der Waals surface area (Å²) in [5.74, 6) is -0.475. The number of rotatable bonds is 4. The van der Waals surface area contributed by atoms with Crippen molar-refractivity contribution in [2.75, 3.05) is 27.2 Å². The van der Waals surface area contributed by atoms with Crippen LogP contribution in [0.4, 0.5) is 0 Å². The van der Waals surface area contributed by atoms with Gasteiger partial charge in [-0.15, -0.1) is 0 Å². The Balaban J connectivity index is 2.33. The lowest BCUT2D eigenvalue weighted by Crippen LogP contribution is -2.23. The Morgan fingerprint density at radius 1 is 1.30 bits per heavy atom. The Labute approximate surface area is 117 Å². The van der Waals surface area contributed by atoms with Gasteiger partial charge in [-0.3, -0.25) is 4.79 Å². The van der Waals surface area contributed by atoms with Crippen LogP contribution in [0, 0.1) is 0 Å². The van der Waals surface area contributed by atoms with Crippen molar-refractivity contribution in [3.05, 3.63) is 46.2 Å². The molecule has 0 unspecified atom stereocenters. The summed E-state index contributed by atoms with van der Waals surface area (Å²) in [7, 11) is 5.56. The average Bonchev–Trinajstić information content (AvgIpc) is 2.42. The maximum absolute atomic E-state index is 12.0. The highest BCUT2D eigenvalue weighted by atomic mass is 16.5. The van der Waals surface area contributed by atoms with Gasteiger partial charge in [0.15, 0.2) is 5.43 Å². The Morgan fingerprint density at radius 2 is 2.00 bits per heavy atom. The molecule has 0 spiro atoms. The van der Waals surface area contributed by atoms with E-state index >= 15 is 0 Å². The van der Waals surface area contributed by atoms with Gasteiger partial charge in [0, 0.05) is 25.0 Å². The van der Waals surface area contributed by atoms with E-state index in [2.05, 4.69) is 0 Å². The molecular formula is C15H18N2O3. The van der Waals surface area contributed by atoms with E-state index in [4.69, 9.17) is 4.74 Å². The number of ether oxygens (including phenoxy) is 1. The summed E-state index contributed by atoms with van der Waals surface area (Å²) in [6.45, 7) is 0.945. The van der Waals surface area contributed by atoms with E-state index in [0.717, 1.165) is 5.52 Å². The minimum atomic E-state index is -0.475. The fourth-order valence-corrected chi connectivity index (χ4v) is 1.99. The smallest absolute Gasteiger partial charge is 0.355 e. The molecule has 106 valence electrons. The molecular weight excluding hydrogens is 256 g/mol. The third-order valence-corrected chi connectivity index (χ3v) is 3.14. The molecule has 5 nitrogen and oxygen atoms in total. The zero-order chi connectivity index (χ0) is 14.7. The van der Waals surface area contributed by atoms with Crippen molar-refractivity contribution in [1.82, 2.24) is 9.47 Å². The molecule has 0 amide bonds. The van der Waals surface area contributed by atoms with Crippen molar-refractivity contribution >= 4 is 16.9 Å². The molecule has 0 fully saturated rings. The summed E-state index contributed by atoms with van der Waals surface area (Å²) in [6, 6.07) is 8.54. The number of para-hydroxylation sites is 1. The molecule has 0 saturated carbocycles. The molecule has 2 rings (SSSR count).